The molecular weight excluding hydrogens is 355 g/mol. The molecule has 1 heterocycles. The fourth-order valence-electron chi connectivity index (χ4n) is 4.33. The van der Waals surface area contributed by atoms with Crippen LogP contribution < -0.4 is 5.73 Å². The van der Waals surface area contributed by atoms with E-state index in [4.69, 9.17) is 5.73 Å². The van der Waals surface area contributed by atoms with Crippen LogP contribution in [0, 0.1) is 25.6 Å². The fourth-order valence-corrected chi connectivity index (χ4v) is 4.33. The molecule has 5 heteroatoms. The molecule has 0 bridgehead atoms. The van der Waals surface area contributed by atoms with Gasteiger partial charge in [0, 0.05) is 22.6 Å². The van der Waals surface area contributed by atoms with E-state index >= 15 is 4.39 Å². The number of halogens is 1. The Kier molecular flexibility index (Phi) is 4.18. The van der Waals surface area contributed by atoms with E-state index in [-0.39, 0.29) is 17.3 Å². The molecule has 2 aromatic carbocycles. The van der Waals surface area contributed by atoms with Crippen LogP contribution in [-0.2, 0) is 17.6 Å². The lowest BCUT2D eigenvalue weighted by atomic mass is 9.91. The van der Waals surface area contributed by atoms with Crippen molar-refractivity contribution in [1.29, 1.82) is 0 Å². The van der Waals surface area contributed by atoms with Crippen LogP contribution in [-0.4, -0.2) is 16.7 Å². The molecule has 4 rings (SSSR count). The standard InChI is InChI=1S/C23H21FN2O2/c1-4-19(27)14-8-13-6-5-7-15(16(13)9-14)21-18(24)10-17(23(25)28)22-20(21)11(2)12(3)26-22/h4-7,10,14,26H,1,8-9H2,2-3H3,(H2,25,28). The van der Waals surface area contributed by atoms with Gasteiger partial charge in [0.15, 0.2) is 5.78 Å². The minimum atomic E-state index is -0.674. The smallest absolute Gasteiger partial charge is 0.250 e. The average molecular weight is 376 g/mol. The molecular formula is C23H21FN2O2. The molecule has 3 N–H and O–H groups in total. The average Bonchev–Trinajstić information content (AvgIpc) is 3.23. The Morgan fingerprint density at radius 3 is 2.71 bits per heavy atom. The van der Waals surface area contributed by atoms with Crippen molar-refractivity contribution in [3.8, 4) is 11.1 Å². The predicted octanol–water partition coefficient (Wildman–Crippen LogP) is 4.16. The van der Waals surface area contributed by atoms with E-state index in [1.54, 1.807) is 0 Å². The van der Waals surface area contributed by atoms with Crippen molar-refractivity contribution >= 4 is 22.6 Å². The summed E-state index contributed by atoms with van der Waals surface area (Å²) in [5, 5.41) is 0.665. The van der Waals surface area contributed by atoms with Gasteiger partial charge in [-0.25, -0.2) is 4.39 Å². The van der Waals surface area contributed by atoms with E-state index in [2.05, 4.69) is 11.6 Å². The third-order valence-corrected chi connectivity index (χ3v) is 5.86. The van der Waals surface area contributed by atoms with Crippen molar-refractivity contribution in [1.82, 2.24) is 4.98 Å². The zero-order valence-electron chi connectivity index (χ0n) is 15.9. The minimum Gasteiger partial charge on any atom is -0.366 e. The topological polar surface area (TPSA) is 76.0 Å². The number of aryl methyl sites for hydroxylation is 2. The first kappa shape index (κ1) is 18.2. The Balaban J connectivity index is 2.01. The SMILES string of the molecule is C=CC(=O)C1Cc2cccc(-c3c(F)cc(C(N)=O)c4[nH]c(C)c(C)c34)c2C1. The van der Waals surface area contributed by atoms with E-state index in [0.717, 1.165) is 27.9 Å². The monoisotopic (exact) mass is 376 g/mol. The molecule has 1 amide bonds. The number of benzene rings is 2. The Morgan fingerprint density at radius 1 is 1.29 bits per heavy atom. The van der Waals surface area contributed by atoms with Crippen LogP contribution >= 0.6 is 0 Å². The number of carbonyl (C=O) groups excluding carboxylic acids is 2. The number of allylic oxidation sites excluding steroid dienone is 1. The summed E-state index contributed by atoms with van der Waals surface area (Å²) < 4.78 is 15.3. The lowest BCUT2D eigenvalue weighted by molar-refractivity contribution is -0.117. The van der Waals surface area contributed by atoms with Crippen molar-refractivity contribution < 1.29 is 14.0 Å². The van der Waals surface area contributed by atoms with Gasteiger partial charge in [0.1, 0.15) is 5.82 Å². The van der Waals surface area contributed by atoms with E-state index in [0.29, 0.717) is 29.3 Å². The lowest BCUT2D eigenvalue weighted by Gasteiger charge is -2.13. The second-order valence-electron chi connectivity index (χ2n) is 7.43. The van der Waals surface area contributed by atoms with Gasteiger partial charge in [-0.2, -0.15) is 0 Å². The third-order valence-electron chi connectivity index (χ3n) is 5.86. The Labute approximate surface area is 162 Å². The summed E-state index contributed by atoms with van der Waals surface area (Å²) in [7, 11) is 0. The fraction of sp³-hybridized carbons (Fsp3) is 0.217. The van der Waals surface area contributed by atoms with Gasteiger partial charge in [-0.1, -0.05) is 24.8 Å². The second-order valence-corrected chi connectivity index (χ2v) is 7.43. The van der Waals surface area contributed by atoms with Gasteiger partial charge < -0.3 is 10.7 Å². The quantitative estimate of drug-likeness (QED) is 0.671. The van der Waals surface area contributed by atoms with Gasteiger partial charge in [0.2, 0.25) is 0 Å². The van der Waals surface area contributed by atoms with Crippen LogP contribution in [0.5, 0.6) is 0 Å². The molecule has 0 radical (unpaired) electrons. The van der Waals surface area contributed by atoms with E-state index in [1.807, 2.05) is 32.0 Å². The molecule has 3 aromatic rings. The number of H-pyrrole nitrogens is 1. The minimum absolute atomic E-state index is 0.00511. The number of amides is 1. The number of aromatic amines is 1. The highest BCUT2D eigenvalue weighted by Gasteiger charge is 2.30. The number of fused-ring (bicyclic) bond motifs is 2. The number of ketones is 1. The normalized spacial score (nSPS) is 15.6. The predicted molar refractivity (Wildman–Crippen MR) is 108 cm³/mol. The first-order chi connectivity index (χ1) is 13.3. The van der Waals surface area contributed by atoms with Crippen molar-refractivity contribution in [3.05, 3.63) is 70.7 Å². The molecule has 142 valence electrons. The number of nitrogens with two attached hydrogens (primary N) is 1. The van der Waals surface area contributed by atoms with Crippen LogP contribution in [0.1, 0.15) is 32.7 Å². The number of hydrogen-bond donors (Lipinski definition) is 2. The van der Waals surface area contributed by atoms with Gasteiger partial charge >= 0.3 is 0 Å². The summed E-state index contributed by atoms with van der Waals surface area (Å²) in [6.07, 6.45) is 2.54. The highest BCUT2D eigenvalue weighted by atomic mass is 19.1. The lowest BCUT2D eigenvalue weighted by Crippen LogP contribution is -2.12. The Bertz CT molecular complexity index is 1170. The van der Waals surface area contributed by atoms with E-state index in [9.17, 15) is 9.59 Å². The molecule has 0 saturated carbocycles. The zero-order chi connectivity index (χ0) is 20.2. The molecule has 4 nitrogen and oxygen atoms in total. The second kappa shape index (κ2) is 6.44. The number of hydrogen-bond acceptors (Lipinski definition) is 2. The Hall–Kier alpha value is -3.21. The summed E-state index contributed by atoms with van der Waals surface area (Å²) in [6, 6.07) is 6.95. The molecule has 0 aliphatic heterocycles. The van der Waals surface area contributed by atoms with E-state index < -0.39 is 11.7 Å². The van der Waals surface area contributed by atoms with Crippen LogP contribution in [0.15, 0.2) is 36.9 Å². The summed E-state index contributed by atoms with van der Waals surface area (Å²) in [6.45, 7) is 7.37. The summed E-state index contributed by atoms with van der Waals surface area (Å²) in [5.74, 6) is -1.32. The zero-order valence-corrected chi connectivity index (χ0v) is 15.9. The van der Waals surface area contributed by atoms with Crippen LogP contribution in [0.2, 0.25) is 0 Å². The van der Waals surface area contributed by atoms with Gasteiger partial charge in [0.25, 0.3) is 5.91 Å². The number of nitrogens with one attached hydrogen (secondary N) is 1. The molecule has 1 aliphatic rings. The number of aromatic nitrogens is 1. The molecule has 1 atom stereocenters. The van der Waals surface area contributed by atoms with Crippen LogP contribution in [0.25, 0.3) is 22.0 Å². The maximum atomic E-state index is 15.3. The van der Waals surface area contributed by atoms with Crippen molar-refractivity contribution in [2.45, 2.75) is 26.7 Å². The maximum Gasteiger partial charge on any atom is 0.250 e. The summed E-state index contributed by atoms with van der Waals surface area (Å²) in [5.41, 5.74) is 11.1. The summed E-state index contributed by atoms with van der Waals surface area (Å²) >= 11 is 0. The molecule has 0 fully saturated rings. The van der Waals surface area contributed by atoms with Gasteiger partial charge in [-0.3, -0.25) is 9.59 Å². The highest BCUT2D eigenvalue weighted by molar-refractivity contribution is 6.11. The molecule has 0 spiro atoms. The highest BCUT2D eigenvalue weighted by Crippen LogP contribution is 2.42. The summed E-state index contributed by atoms with van der Waals surface area (Å²) in [4.78, 5) is 27.2. The van der Waals surface area contributed by atoms with Crippen molar-refractivity contribution in [2.24, 2.45) is 11.7 Å². The van der Waals surface area contributed by atoms with Gasteiger partial charge in [-0.15, -0.1) is 0 Å². The largest absolute Gasteiger partial charge is 0.366 e. The Morgan fingerprint density at radius 2 is 2.04 bits per heavy atom. The third kappa shape index (κ3) is 2.58. The van der Waals surface area contributed by atoms with Crippen LogP contribution in [0.4, 0.5) is 4.39 Å². The van der Waals surface area contributed by atoms with Crippen LogP contribution in [0.3, 0.4) is 0 Å². The van der Waals surface area contributed by atoms with Crippen molar-refractivity contribution in [3.63, 3.8) is 0 Å². The first-order valence-corrected chi connectivity index (χ1v) is 9.22. The number of primary amides is 1. The first-order valence-electron chi connectivity index (χ1n) is 9.22. The number of carbonyl (C=O) groups is 2. The maximum absolute atomic E-state index is 15.3. The molecule has 1 unspecified atom stereocenters. The molecule has 28 heavy (non-hydrogen) atoms. The molecule has 1 aromatic heterocycles. The van der Waals surface area contributed by atoms with Crippen molar-refractivity contribution in [2.75, 3.05) is 0 Å². The molecule has 1 aliphatic carbocycles. The van der Waals surface area contributed by atoms with E-state index in [1.165, 1.54) is 12.1 Å². The number of rotatable bonds is 4. The molecule has 0 saturated heterocycles. The van der Waals surface area contributed by atoms with Gasteiger partial charge in [0.05, 0.1) is 11.1 Å². The van der Waals surface area contributed by atoms with Gasteiger partial charge in [-0.05, 0) is 61.1 Å².